The van der Waals surface area contributed by atoms with Crippen LogP contribution in [0.15, 0.2) is 30.5 Å². The van der Waals surface area contributed by atoms with Crippen LogP contribution in [0.25, 0.3) is 0 Å². The van der Waals surface area contributed by atoms with Gasteiger partial charge in [-0.1, -0.05) is 0 Å². The molecule has 0 aliphatic rings. The molecular weight excluding hydrogens is 240 g/mol. The fraction of sp³-hybridized carbons (Fsp3) is 0.167. The van der Waals surface area contributed by atoms with E-state index in [-0.39, 0.29) is 5.56 Å². The van der Waals surface area contributed by atoms with Crippen molar-refractivity contribution >= 4 is 5.91 Å². The zero-order valence-corrected chi connectivity index (χ0v) is 9.41. The summed E-state index contributed by atoms with van der Waals surface area (Å²) in [6.07, 6.45) is 2.21. The number of carbonyl (C=O) groups is 1. The fourth-order valence-electron chi connectivity index (χ4n) is 1.47. The standard InChI is InChI=1S/C12H11F2N3O/c13-10-2-1-8(7-11(10)14)12(18)15-5-3-9-4-6-16-17-9/h1-2,4,6-7H,3,5H2,(H,15,18)(H,16,17). The molecule has 1 aromatic carbocycles. The third-order valence-electron chi connectivity index (χ3n) is 2.42. The van der Waals surface area contributed by atoms with Gasteiger partial charge in [0.25, 0.3) is 5.91 Å². The number of halogens is 2. The molecule has 2 rings (SSSR count). The topological polar surface area (TPSA) is 57.8 Å². The minimum absolute atomic E-state index is 0.0958. The molecule has 0 saturated carbocycles. The predicted molar refractivity (Wildman–Crippen MR) is 61.0 cm³/mol. The highest BCUT2D eigenvalue weighted by molar-refractivity contribution is 5.94. The lowest BCUT2D eigenvalue weighted by Gasteiger charge is -2.04. The van der Waals surface area contributed by atoms with Gasteiger partial charge in [0.15, 0.2) is 11.6 Å². The summed E-state index contributed by atoms with van der Waals surface area (Å²) in [7, 11) is 0. The van der Waals surface area contributed by atoms with Gasteiger partial charge in [-0.05, 0) is 24.3 Å². The molecule has 0 atom stereocenters. The highest BCUT2D eigenvalue weighted by Crippen LogP contribution is 2.08. The van der Waals surface area contributed by atoms with Crippen LogP contribution in [0.5, 0.6) is 0 Å². The third-order valence-corrected chi connectivity index (χ3v) is 2.42. The molecule has 0 saturated heterocycles. The number of hydrogen-bond donors (Lipinski definition) is 2. The van der Waals surface area contributed by atoms with Crippen LogP contribution < -0.4 is 5.32 Å². The summed E-state index contributed by atoms with van der Waals surface area (Å²) in [5.41, 5.74) is 0.985. The Morgan fingerprint density at radius 3 is 2.78 bits per heavy atom. The van der Waals surface area contributed by atoms with Crippen LogP contribution in [-0.4, -0.2) is 22.6 Å². The van der Waals surface area contributed by atoms with E-state index in [9.17, 15) is 13.6 Å². The first-order valence-corrected chi connectivity index (χ1v) is 5.38. The van der Waals surface area contributed by atoms with Crippen LogP contribution in [0.2, 0.25) is 0 Å². The maximum Gasteiger partial charge on any atom is 0.251 e. The molecule has 2 aromatic rings. The summed E-state index contributed by atoms with van der Waals surface area (Å²) in [6, 6.07) is 4.84. The van der Waals surface area contributed by atoms with Gasteiger partial charge >= 0.3 is 0 Å². The molecule has 0 unspecified atom stereocenters. The Hall–Kier alpha value is -2.24. The molecule has 1 amide bonds. The van der Waals surface area contributed by atoms with Gasteiger partial charge < -0.3 is 5.32 Å². The number of aromatic nitrogens is 2. The Kier molecular flexibility index (Phi) is 3.66. The summed E-state index contributed by atoms with van der Waals surface area (Å²) in [4.78, 5) is 11.6. The second kappa shape index (κ2) is 5.39. The molecule has 0 spiro atoms. The van der Waals surface area contributed by atoms with Crippen LogP contribution in [0.1, 0.15) is 16.1 Å². The molecule has 94 valence electrons. The Balaban J connectivity index is 1.89. The highest BCUT2D eigenvalue weighted by atomic mass is 19.2. The summed E-state index contributed by atoms with van der Waals surface area (Å²) in [6.45, 7) is 0.389. The smallest absolute Gasteiger partial charge is 0.251 e. The lowest BCUT2D eigenvalue weighted by Crippen LogP contribution is -2.25. The van der Waals surface area contributed by atoms with Gasteiger partial charge in [-0.2, -0.15) is 5.10 Å². The monoisotopic (exact) mass is 251 g/mol. The Labute approximate surface area is 102 Å². The molecule has 1 aromatic heterocycles. The Bertz CT molecular complexity index is 540. The van der Waals surface area contributed by atoms with Gasteiger partial charge in [-0.25, -0.2) is 8.78 Å². The molecule has 2 N–H and O–H groups in total. The van der Waals surface area contributed by atoms with Crippen molar-refractivity contribution in [2.45, 2.75) is 6.42 Å². The molecule has 18 heavy (non-hydrogen) atoms. The summed E-state index contributed by atoms with van der Waals surface area (Å²) < 4.78 is 25.6. The van der Waals surface area contributed by atoms with E-state index in [1.807, 2.05) is 0 Å². The number of aromatic amines is 1. The van der Waals surface area contributed by atoms with Crippen LogP contribution in [-0.2, 0) is 6.42 Å². The van der Waals surface area contributed by atoms with E-state index in [4.69, 9.17) is 0 Å². The zero-order chi connectivity index (χ0) is 13.0. The second-order valence-corrected chi connectivity index (χ2v) is 3.72. The van der Waals surface area contributed by atoms with E-state index in [0.717, 1.165) is 17.8 Å². The van der Waals surface area contributed by atoms with Gasteiger partial charge in [0.1, 0.15) is 0 Å². The number of nitrogens with one attached hydrogen (secondary N) is 2. The lowest BCUT2D eigenvalue weighted by molar-refractivity contribution is 0.0953. The van der Waals surface area contributed by atoms with Crippen LogP contribution in [0.4, 0.5) is 8.78 Å². The number of H-pyrrole nitrogens is 1. The molecular formula is C12H11F2N3O. The lowest BCUT2D eigenvalue weighted by atomic mass is 10.2. The van der Waals surface area contributed by atoms with Crippen molar-refractivity contribution in [3.05, 3.63) is 53.4 Å². The largest absolute Gasteiger partial charge is 0.352 e. The summed E-state index contributed by atoms with van der Waals surface area (Å²) in [5.74, 6) is -2.44. The number of benzene rings is 1. The van der Waals surface area contributed by atoms with Gasteiger partial charge in [0.2, 0.25) is 0 Å². The van der Waals surface area contributed by atoms with Crippen LogP contribution in [0, 0.1) is 11.6 Å². The van der Waals surface area contributed by atoms with Crippen LogP contribution in [0.3, 0.4) is 0 Å². The minimum atomic E-state index is -1.03. The zero-order valence-electron chi connectivity index (χ0n) is 9.41. The van der Waals surface area contributed by atoms with Crippen molar-refractivity contribution in [3.8, 4) is 0 Å². The van der Waals surface area contributed by atoms with Crippen molar-refractivity contribution < 1.29 is 13.6 Å². The third kappa shape index (κ3) is 2.91. The van der Waals surface area contributed by atoms with Crippen molar-refractivity contribution in [3.63, 3.8) is 0 Å². The highest BCUT2D eigenvalue weighted by Gasteiger charge is 2.09. The molecule has 6 heteroatoms. The van der Waals surface area contributed by atoms with Gasteiger partial charge in [-0.15, -0.1) is 0 Å². The number of hydrogen-bond acceptors (Lipinski definition) is 2. The Morgan fingerprint density at radius 1 is 1.28 bits per heavy atom. The maximum atomic E-state index is 12.9. The molecule has 0 aliphatic heterocycles. The quantitative estimate of drug-likeness (QED) is 0.868. The minimum Gasteiger partial charge on any atom is -0.352 e. The SMILES string of the molecule is O=C(NCCc1ccn[nH]1)c1ccc(F)c(F)c1. The summed E-state index contributed by atoms with van der Waals surface area (Å²) >= 11 is 0. The number of rotatable bonds is 4. The molecule has 1 heterocycles. The van der Waals surface area contributed by atoms with Gasteiger partial charge in [0, 0.05) is 30.4 Å². The van der Waals surface area contributed by atoms with Gasteiger partial charge in [-0.3, -0.25) is 9.89 Å². The Morgan fingerprint density at radius 2 is 2.11 bits per heavy atom. The van der Waals surface area contributed by atoms with Crippen molar-refractivity contribution in [2.24, 2.45) is 0 Å². The van der Waals surface area contributed by atoms with Crippen molar-refractivity contribution in [1.82, 2.24) is 15.5 Å². The van der Waals surface area contributed by atoms with Crippen molar-refractivity contribution in [1.29, 1.82) is 0 Å². The molecule has 0 fully saturated rings. The maximum absolute atomic E-state index is 12.9. The first-order chi connectivity index (χ1) is 8.66. The number of nitrogens with zero attached hydrogens (tertiary/aromatic N) is 1. The van der Waals surface area contributed by atoms with E-state index < -0.39 is 17.5 Å². The molecule has 0 aliphatic carbocycles. The number of amides is 1. The van der Waals surface area contributed by atoms with E-state index in [2.05, 4.69) is 15.5 Å². The van der Waals surface area contributed by atoms with E-state index >= 15 is 0 Å². The number of carbonyl (C=O) groups excluding carboxylic acids is 1. The molecule has 0 bridgehead atoms. The van der Waals surface area contributed by atoms with E-state index in [0.29, 0.717) is 13.0 Å². The molecule has 0 radical (unpaired) electrons. The normalized spacial score (nSPS) is 10.3. The van der Waals surface area contributed by atoms with E-state index in [1.165, 1.54) is 6.07 Å². The summed E-state index contributed by atoms with van der Waals surface area (Å²) in [5, 5.41) is 9.13. The average Bonchev–Trinajstić information content (AvgIpc) is 2.85. The first-order valence-electron chi connectivity index (χ1n) is 5.38. The average molecular weight is 251 g/mol. The van der Waals surface area contributed by atoms with Crippen molar-refractivity contribution in [2.75, 3.05) is 6.54 Å². The van der Waals surface area contributed by atoms with Gasteiger partial charge in [0.05, 0.1) is 0 Å². The molecule has 4 nitrogen and oxygen atoms in total. The predicted octanol–water partition coefficient (Wildman–Crippen LogP) is 1.66. The first kappa shape index (κ1) is 12.2. The van der Waals surface area contributed by atoms with E-state index in [1.54, 1.807) is 12.3 Å². The second-order valence-electron chi connectivity index (χ2n) is 3.72. The van der Waals surface area contributed by atoms with Crippen LogP contribution >= 0.6 is 0 Å². The fourth-order valence-corrected chi connectivity index (χ4v) is 1.47.